The lowest BCUT2D eigenvalue weighted by molar-refractivity contribution is 0.417. The Labute approximate surface area is 152 Å². The van der Waals surface area contributed by atoms with Crippen molar-refractivity contribution in [1.29, 1.82) is 0 Å². The van der Waals surface area contributed by atoms with Gasteiger partial charge >= 0.3 is 0 Å². The number of hydrogen-bond acceptors (Lipinski definition) is 5. The molecule has 1 saturated carbocycles. The summed E-state index contributed by atoms with van der Waals surface area (Å²) >= 11 is 0. The standard InChI is InChI=1S/C19H19N3O3S/c1-25-19-10-15-14(12-3-4-12)9-16(13-5-7-20-8-6-13)21-17(15)11-18(19)22-26(2,23)24/h5-12,22H,3-4H2,1-2H3. The van der Waals surface area contributed by atoms with Crippen LogP contribution in [0, 0.1) is 0 Å². The number of anilines is 1. The Bertz CT molecular complexity index is 1080. The van der Waals surface area contributed by atoms with Crippen molar-refractivity contribution < 1.29 is 13.2 Å². The van der Waals surface area contributed by atoms with Crippen LogP contribution in [0.25, 0.3) is 22.2 Å². The quantitative estimate of drug-likeness (QED) is 0.744. The molecule has 0 amide bonds. The van der Waals surface area contributed by atoms with Gasteiger partial charge in [0.2, 0.25) is 10.0 Å². The van der Waals surface area contributed by atoms with Crippen LogP contribution in [-0.4, -0.2) is 31.8 Å². The highest BCUT2D eigenvalue weighted by molar-refractivity contribution is 7.92. The van der Waals surface area contributed by atoms with Crippen molar-refractivity contribution in [1.82, 2.24) is 9.97 Å². The van der Waals surface area contributed by atoms with Gasteiger partial charge in [-0.15, -0.1) is 0 Å². The molecule has 134 valence electrons. The third-order valence-electron chi connectivity index (χ3n) is 4.45. The summed E-state index contributed by atoms with van der Waals surface area (Å²) in [5.74, 6) is 1.00. The van der Waals surface area contributed by atoms with E-state index in [4.69, 9.17) is 9.72 Å². The fourth-order valence-electron chi connectivity index (χ4n) is 3.13. The third-order valence-corrected chi connectivity index (χ3v) is 5.04. The predicted octanol–water partition coefficient (Wildman–Crippen LogP) is 3.55. The maximum Gasteiger partial charge on any atom is 0.229 e. The molecule has 2 heterocycles. The molecule has 1 fully saturated rings. The Hall–Kier alpha value is -2.67. The number of fused-ring (bicyclic) bond motifs is 1. The van der Waals surface area contributed by atoms with Crippen molar-refractivity contribution in [2.45, 2.75) is 18.8 Å². The van der Waals surface area contributed by atoms with Crippen LogP contribution in [0.1, 0.15) is 24.3 Å². The maximum atomic E-state index is 11.7. The van der Waals surface area contributed by atoms with Crippen LogP contribution < -0.4 is 9.46 Å². The summed E-state index contributed by atoms with van der Waals surface area (Å²) < 4.78 is 31.3. The summed E-state index contributed by atoms with van der Waals surface area (Å²) in [6, 6.07) is 9.58. The van der Waals surface area contributed by atoms with Crippen LogP contribution in [0.2, 0.25) is 0 Å². The number of sulfonamides is 1. The molecule has 4 rings (SSSR count). The average molecular weight is 369 g/mol. The lowest BCUT2D eigenvalue weighted by atomic mass is 10.0. The highest BCUT2D eigenvalue weighted by Crippen LogP contribution is 2.45. The summed E-state index contributed by atoms with van der Waals surface area (Å²) in [7, 11) is -1.89. The van der Waals surface area contributed by atoms with E-state index in [9.17, 15) is 8.42 Å². The summed E-state index contributed by atoms with van der Waals surface area (Å²) in [6.07, 6.45) is 6.90. The molecule has 0 spiro atoms. The molecule has 0 saturated heterocycles. The smallest absolute Gasteiger partial charge is 0.229 e. The number of methoxy groups -OCH3 is 1. The zero-order valence-corrected chi connectivity index (χ0v) is 15.4. The number of nitrogens with one attached hydrogen (secondary N) is 1. The Morgan fingerprint density at radius 1 is 1.15 bits per heavy atom. The van der Waals surface area contributed by atoms with Gasteiger partial charge in [-0.05, 0) is 54.7 Å². The number of hydrogen-bond donors (Lipinski definition) is 1. The van der Waals surface area contributed by atoms with Crippen molar-refractivity contribution >= 4 is 26.6 Å². The zero-order chi connectivity index (χ0) is 18.3. The first-order chi connectivity index (χ1) is 12.4. The van der Waals surface area contributed by atoms with E-state index in [0.29, 0.717) is 17.4 Å². The van der Waals surface area contributed by atoms with Crippen molar-refractivity contribution in [2.24, 2.45) is 0 Å². The molecule has 0 radical (unpaired) electrons. The minimum atomic E-state index is -3.42. The van der Waals surface area contributed by atoms with Gasteiger partial charge in [-0.1, -0.05) is 0 Å². The molecular formula is C19H19N3O3S. The molecule has 0 bridgehead atoms. The molecule has 6 nitrogen and oxygen atoms in total. The Kier molecular flexibility index (Phi) is 4.03. The van der Waals surface area contributed by atoms with Crippen LogP contribution in [0.4, 0.5) is 5.69 Å². The highest BCUT2D eigenvalue weighted by Gasteiger charge is 2.27. The summed E-state index contributed by atoms with van der Waals surface area (Å²) in [5.41, 5.74) is 4.21. The normalized spacial score (nSPS) is 14.4. The van der Waals surface area contributed by atoms with Crippen molar-refractivity contribution in [3.63, 3.8) is 0 Å². The fraction of sp³-hybridized carbons (Fsp3) is 0.263. The van der Waals surface area contributed by atoms with Gasteiger partial charge < -0.3 is 4.74 Å². The number of ether oxygens (including phenoxy) is 1. The highest BCUT2D eigenvalue weighted by atomic mass is 32.2. The summed E-state index contributed by atoms with van der Waals surface area (Å²) in [6.45, 7) is 0. The summed E-state index contributed by atoms with van der Waals surface area (Å²) in [5, 5.41) is 1.00. The fourth-order valence-corrected chi connectivity index (χ4v) is 3.69. The second-order valence-corrected chi connectivity index (χ2v) is 8.30. The Morgan fingerprint density at radius 3 is 2.50 bits per heavy atom. The van der Waals surface area contributed by atoms with Gasteiger partial charge in [0, 0.05) is 23.3 Å². The number of benzene rings is 1. The van der Waals surface area contributed by atoms with E-state index in [-0.39, 0.29) is 0 Å². The SMILES string of the molecule is COc1cc2c(C3CC3)cc(-c3ccncc3)nc2cc1NS(C)(=O)=O. The molecule has 26 heavy (non-hydrogen) atoms. The minimum Gasteiger partial charge on any atom is -0.495 e. The van der Waals surface area contributed by atoms with Crippen LogP contribution in [0.5, 0.6) is 5.75 Å². The second-order valence-electron chi connectivity index (χ2n) is 6.55. The third kappa shape index (κ3) is 3.35. The summed E-state index contributed by atoms with van der Waals surface area (Å²) in [4.78, 5) is 8.82. The number of aromatic nitrogens is 2. The minimum absolute atomic E-state index is 0.392. The molecule has 0 aliphatic heterocycles. The molecule has 1 N–H and O–H groups in total. The van der Waals surface area contributed by atoms with Crippen molar-refractivity contribution in [3.05, 3.63) is 48.3 Å². The van der Waals surface area contributed by atoms with Crippen LogP contribution in [-0.2, 0) is 10.0 Å². The number of pyridine rings is 2. The number of nitrogens with zero attached hydrogens (tertiary/aromatic N) is 2. The van der Waals surface area contributed by atoms with E-state index in [1.165, 1.54) is 12.7 Å². The van der Waals surface area contributed by atoms with E-state index in [1.54, 1.807) is 18.5 Å². The molecule has 1 aliphatic rings. The topological polar surface area (TPSA) is 81.2 Å². The second kappa shape index (κ2) is 6.25. The van der Waals surface area contributed by atoms with Crippen molar-refractivity contribution in [3.8, 4) is 17.0 Å². The molecule has 1 aliphatic carbocycles. The average Bonchev–Trinajstić information content (AvgIpc) is 3.44. The molecule has 0 unspecified atom stereocenters. The monoisotopic (exact) mass is 369 g/mol. The van der Waals surface area contributed by atoms with Gasteiger partial charge in [-0.3, -0.25) is 9.71 Å². The first-order valence-electron chi connectivity index (χ1n) is 8.35. The maximum absolute atomic E-state index is 11.7. The first kappa shape index (κ1) is 16.8. The molecule has 0 atom stereocenters. The van der Waals surface area contributed by atoms with E-state index >= 15 is 0 Å². The van der Waals surface area contributed by atoms with Gasteiger partial charge in [-0.2, -0.15) is 0 Å². The predicted molar refractivity (Wildman–Crippen MR) is 102 cm³/mol. The largest absolute Gasteiger partial charge is 0.495 e. The van der Waals surface area contributed by atoms with Gasteiger partial charge in [0.15, 0.2) is 0 Å². The van der Waals surface area contributed by atoms with E-state index in [0.717, 1.165) is 41.3 Å². The Balaban J connectivity index is 1.95. The number of rotatable bonds is 5. The van der Waals surface area contributed by atoms with E-state index in [1.807, 2.05) is 18.2 Å². The van der Waals surface area contributed by atoms with E-state index in [2.05, 4.69) is 15.8 Å². The molecular weight excluding hydrogens is 350 g/mol. The molecule has 3 aromatic rings. The van der Waals surface area contributed by atoms with Crippen molar-refractivity contribution in [2.75, 3.05) is 18.1 Å². The van der Waals surface area contributed by atoms with Crippen LogP contribution in [0.15, 0.2) is 42.7 Å². The lowest BCUT2D eigenvalue weighted by Gasteiger charge is -2.14. The molecule has 7 heteroatoms. The molecule has 2 aromatic heterocycles. The molecule has 1 aromatic carbocycles. The van der Waals surface area contributed by atoms with Crippen LogP contribution in [0.3, 0.4) is 0 Å². The van der Waals surface area contributed by atoms with Crippen LogP contribution >= 0.6 is 0 Å². The van der Waals surface area contributed by atoms with Gasteiger partial charge in [-0.25, -0.2) is 13.4 Å². The zero-order valence-electron chi connectivity index (χ0n) is 14.6. The van der Waals surface area contributed by atoms with Gasteiger partial charge in [0.25, 0.3) is 0 Å². The lowest BCUT2D eigenvalue weighted by Crippen LogP contribution is -2.10. The van der Waals surface area contributed by atoms with Gasteiger partial charge in [0.05, 0.1) is 30.3 Å². The Morgan fingerprint density at radius 2 is 1.88 bits per heavy atom. The first-order valence-corrected chi connectivity index (χ1v) is 10.2. The van der Waals surface area contributed by atoms with Gasteiger partial charge in [0.1, 0.15) is 5.75 Å². The van der Waals surface area contributed by atoms with E-state index < -0.39 is 10.0 Å².